The van der Waals surface area contributed by atoms with Crippen LogP contribution in [0.4, 0.5) is 4.39 Å². The number of carbonyl (C=O) groups excluding carboxylic acids is 1. The number of rotatable bonds is 3. The monoisotopic (exact) mass is 325 g/mol. The Bertz CT molecular complexity index is 629. The molecule has 1 aliphatic rings. The molecule has 2 rings (SSSR count). The number of benzene rings is 1. The highest BCUT2D eigenvalue weighted by molar-refractivity contribution is 8.13. The van der Waals surface area contributed by atoms with Gasteiger partial charge in [0, 0.05) is 21.7 Å². The molecule has 1 fully saturated rings. The zero-order valence-corrected chi connectivity index (χ0v) is 11.9. The molecule has 1 aromatic rings. The largest absolute Gasteiger partial charge is 0.349 e. The van der Waals surface area contributed by atoms with Crippen LogP contribution in [-0.2, 0) is 9.05 Å². The molecule has 19 heavy (non-hydrogen) atoms. The van der Waals surface area contributed by atoms with Crippen LogP contribution in [0.1, 0.15) is 29.6 Å². The maximum atomic E-state index is 14.0. The van der Waals surface area contributed by atoms with E-state index in [9.17, 15) is 17.6 Å². The Balaban J connectivity index is 2.39. The van der Waals surface area contributed by atoms with Crippen molar-refractivity contribution in [3.63, 3.8) is 0 Å². The molecular formula is C11H10Cl2FNO3S. The van der Waals surface area contributed by atoms with Gasteiger partial charge in [-0.3, -0.25) is 4.79 Å². The molecule has 1 aliphatic carbocycles. The van der Waals surface area contributed by atoms with Gasteiger partial charge in [0.2, 0.25) is 0 Å². The highest BCUT2D eigenvalue weighted by atomic mass is 35.7. The molecule has 0 atom stereocenters. The highest BCUT2D eigenvalue weighted by Crippen LogP contribution is 2.27. The van der Waals surface area contributed by atoms with Crippen LogP contribution in [0, 0.1) is 5.82 Å². The summed E-state index contributed by atoms with van der Waals surface area (Å²) in [4.78, 5) is 11.1. The fraction of sp³-hybridized carbons (Fsp3) is 0.364. The van der Waals surface area contributed by atoms with Crippen molar-refractivity contribution in [1.29, 1.82) is 0 Å². The number of hydrogen-bond donors (Lipinski definition) is 1. The summed E-state index contributed by atoms with van der Waals surface area (Å²) < 4.78 is 36.4. The Hall–Kier alpha value is -0.850. The number of hydrogen-bond acceptors (Lipinski definition) is 3. The maximum Gasteiger partial charge on any atom is 0.264 e. The van der Waals surface area contributed by atoms with Crippen LogP contribution in [0.15, 0.2) is 17.0 Å². The summed E-state index contributed by atoms with van der Waals surface area (Å²) in [7, 11) is 0.799. The molecule has 0 saturated heterocycles. The van der Waals surface area contributed by atoms with Crippen molar-refractivity contribution in [2.24, 2.45) is 0 Å². The summed E-state index contributed by atoms with van der Waals surface area (Å²) >= 11 is 5.69. The lowest BCUT2D eigenvalue weighted by Gasteiger charge is -2.26. The highest BCUT2D eigenvalue weighted by Gasteiger charge is 2.26. The van der Waals surface area contributed by atoms with Gasteiger partial charge in [-0.25, -0.2) is 12.8 Å². The summed E-state index contributed by atoms with van der Waals surface area (Å²) in [6, 6.07) is 1.96. The van der Waals surface area contributed by atoms with E-state index in [1.807, 2.05) is 0 Å². The van der Waals surface area contributed by atoms with Gasteiger partial charge in [-0.15, -0.1) is 0 Å². The molecule has 0 aliphatic heterocycles. The number of amides is 1. The maximum absolute atomic E-state index is 14.0. The number of halogens is 3. The predicted octanol–water partition coefficient (Wildman–Crippen LogP) is 2.69. The molecule has 1 saturated carbocycles. The Morgan fingerprint density at radius 1 is 1.37 bits per heavy atom. The summed E-state index contributed by atoms with van der Waals surface area (Å²) in [5.74, 6) is -1.87. The van der Waals surface area contributed by atoms with E-state index in [0.29, 0.717) is 0 Å². The SMILES string of the molecule is O=C(NC1CCC1)c1cc(Cl)cc(S(=O)(=O)Cl)c1F. The Labute approximate surface area is 119 Å². The first-order valence-corrected chi connectivity index (χ1v) is 8.22. The van der Waals surface area contributed by atoms with E-state index in [2.05, 4.69) is 5.32 Å². The van der Waals surface area contributed by atoms with Crippen LogP contribution in [0.3, 0.4) is 0 Å². The summed E-state index contributed by atoms with van der Waals surface area (Å²) in [6.07, 6.45) is 2.66. The molecule has 0 aromatic heterocycles. The molecule has 0 bridgehead atoms. The summed E-state index contributed by atoms with van der Waals surface area (Å²) in [5.41, 5.74) is -0.418. The van der Waals surface area contributed by atoms with Gasteiger partial charge in [0.05, 0.1) is 5.56 Å². The zero-order chi connectivity index (χ0) is 14.2. The van der Waals surface area contributed by atoms with Crippen molar-refractivity contribution in [3.05, 3.63) is 28.5 Å². The molecule has 8 heteroatoms. The molecule has 4 nitrogen and oxygen atoms in total. The van der Waals surface area contributed by atoms with Crippen LogP contribution < -0.4 is 5.32 Å². The Morgan fingerprint density at radius 2 is 2.00 bits per heavy atom. The van der Waals surface area contributed by atoms with Gasteiger partial charge < -0.3 is 5.32 Å². The van der Waals surface area contributed by atoms with Gasteiger partial charge in [-0.05, 0) is 31.4 Å². The lowest BCUT2D eigenvalue weighted by molar-refractivity contribution is 0.0912. The molecule has 0 radical (unpaired) electrons. The van der Waals surface area contributed by atoms with Crippen molar-refractivity contribution in [2.45, 2.75) is 30.2 Å². The van der Waals surface area contributed by atoms with E-state index in [1.54, 1.807) is 0 Å². The van der Waals surface area contributed by atoms with Gasteiger partial charge in [0.1, 0.15) is 4.90 Å². The van der Waals surface area contributed by atoms with Crippen molar-refractivity contribution < 1.29 is 17.6 Å². The van der Waals surface area contributed by atoms with Crippen molar-refractivity contribution in [3.8, 4) is 0 Å². The number of carbonyl (C=O) groups is 1. The topological polar surface area (TPSA) is 63.2 Å². The second-order valence-electron chi connectivity index (χ2n) is 4.30. The molecule has 1 N–H and O–H groups in total. The summed E-state index contributed by atoms with van der Waals surface area (Å²) in [6.45, 7) is 0. The van der Waals surface area contributed by atoms with Gasteiger partial charge in [0.15, 0.2) is 5.82 Å². The van der Waals surface area contributed by atoms with Crippen LogP contribution >= 0.6 is 22.3 Å². The minimum atomic E-state index is -4.30. The van der Waals surface area contributed by atoms with E-state index in [4.69, 9.17) is 22.3 Å². The normalized spacial score (nSPS) is 15.9. The summed E-state index contributed by atoms with van der Waals surface area (Å²) in [5, 5.41) is 2.53. The van der Waals surface area contributed by atoms with Crippen LogP contribution in [-0.4, -0.2) is 20.4 Å². The quantitative estimate of drug-likeness (QED) is 0.869. The molecule has 104 valence electrons. The second-order valence-corrected chi connectivity index (χ2v) is 7.28. The minimum Gasteiger partial charge on any atom is -0.349 e. The fourth-order valence-electron chi connectivity index (χ4n) is 1.72. The Morgan fingerprint density at radius 3 is 2.47 bits per heavy atom. The third-order valence-electron chi connectivity index (χ3n) is 2.95. The zero-order valence-electron chi connectivity index (χ0n) is 9.62. The van der Waals surface area contributed by atoms with E-state index in [0.717, 1.165) is 31.4 Å². The second kappa shape index (κ2) is 5.26. The minimum absolute atomic E-state index is 0.00180. The predicted molar refractivity (Wildman–Crippen MR) is 69.6 cm³/mol. The molecule has 0 unspecified atom stereocenters. The van der Waals surface area contributed by atoms with E-state index < -0.39 is 31.2 Å². The lowest BCUT2D eigenvalue weighted by Crippen LogP contribution is -2.39. The van der Waals surface area contributed by atoms with Gasteiger partial charge in [-0.1, -0.05) is 11.6 Å². The molecule has 0 spiro atoms. The fourth-order valence-corrected chi connectivity index (χ4v) is 2.93. The Kier molecular flexibility index (Phi) is 4.03. The lowest BCUT2D eigenvalue weighted by atomic mass is 9.93. The van der Waals surface area contributed by atoms with E-state index >= 15 is 0 Å². The molecule has 0 heterocycles. The van der Waals surface area contributed by atoms with Gasteiger partial charge >= 0.3 is 0 Å². The smallest absolute Gasteiger partial charge is 0.264 e. The van der Waals surface area contributed by atoms with E-state index in [1.165, 1.54) is 0 Å². The number of nitrogens with one attached hydrogen (secondary N) is 1. The molecule has 1 aromatic carbocycles. The average molecular weight is 326 g/mol. The van der Waals surface area contributed by atoms with Gasteiger partial charge in [-0.2, -0.15) is 0 Å². The van der Waals surface area contributed by atoms with E-state index in [-0.39, 0.29) is 11.1 Å². The van der Waals surface area contributed by atoms with Crippen LogP contribution in [0.25, 0.3) is 0 Å². The first-order chi connectivity index (χ1) is 8.79. The standard InChI is InChI=1S/C11H10Cl2FNO3S/c12-6-4-8(11(16)15-7-2-1-3-7)10(14)9(5-6)19(13,17)18/h4-5,7H,1-3H2,(H,15,16). The first-order valence-electron chi connectivity index (χ1n) is 5.53. The average Bonchev–Trinajstić information content (AvgIpc) is 2.24. The van der Waals surface area contributed by atoms with Crippen molar-refractivity contribution in [1.82, 2.24) is 5.32 Å². The van der Waals surface area contributed by atoms with Crippen molar-refractivity contribution in [2.75, 3.05) is 0 Å². The molecular weight excluding hydrogens is 316 g/mol. The van der Waals surface area contributed by atoms with Crippen LogP contribution in [0.2, 0.25) is 5.02 Å². The molecule has 1 amide bonds. The van der Waals surface area contributed by atoms with Crippen LogP contribution in [0.5, 0.6) is 0 Å². The first kappa shape index (κ1) is 14.6. The van der Waals surface area contributed by atoms with Crippen molar-refractivity contribution >= 4 is 37.2 Å². The third-order valence-corrected chi connectivity index (χ3v) is 4.49. The third kappa shape index (κ3) is 3.19. The van der Waals surface area contributed by atoms with Gasteiger partial charge in [0.25, 0.3) is 15.0 Å².